The van der Waals surface area contributed by atoms with Gasteiger partial charge in [-0.25, -0.2) is 0 Å². The van der Waals surface area contributed by atoms with Crippen molar-refractivity contribution < 1.29 is 28.5 Å². The molecule has 0 radical (unpaired) electrons. The highest BCUT2D eigenvalue weighted by Gasteiger charge is 2.15. The molecule has 1 amide bonds. The van der Waals surface area contributed by atoms with Gasteiger partial charge in [0.25, 0.3) is 0 Å². The summed E-state index contributed by atoms with van der Waals surface area (Å²) in [5.74, 6) is 2.43. The molecule has 0 bridgehead atoms. The summed E-state index contributed by atoms with van der Waals surface area (Å²) in [6.07, 6.45) is 0.144. The number of anilines is 1. The third-order valence-electron chi connectivity index (χ3n) is 3.76. The molecule has 0 aliphatic rings. The Labute approximate surface area is 152 Å². The topological polar surface area (TPSA) is 75.3 Å². The number of ether oxygens (including phenoxy) is 5. The van der Waals surface area contributed by atoms with E-state index in [1.807, 2.05) is 0 Å². The Balaban J connectivity index is 2.17. The lowest BCUT2D eigenvalue weighted by Gasteiger charge is -2.14. The summed E-state index contributed by atoms with van der Waals surface area (Å²) in [6.45, 7) is 0. The van der Waals surface area contributed by atoms with Gasteiger partial charge in [0.2, 0.25) is 11.7 Å². The zero-order valence-electron chi connectivity index (χ0n) is 15.5. The molecular weight excluding hydrogens is 338 g/mol. The minimum absolute atomic E-state index is 0.144. The fourth-order valence-corrected chi connectivity index (χ4v) is 2.54. The molecule has 7 heteroatoms. The molecule has 2 aromatic rings. The number of nitrogens with one attached hydrogen (secondary N) is 1. The summed E-state index contributed by atoms with van der Waals surface area (Å²) in [6, 6.07) is 8.67. The Morgan fingerprint density at radius 3 is 1.85 bits per heavy atom. The first kappa shape index (κ1) is 19.2. The minimum Gasteiger partial charge on any atom is -0.493 e. The average molecular weight is 361 g/mol. The van der Waals surface area contributed by atoms with Crippen molar-refractivity contribution in [3.05, 3.63) is 35.9 Å². The van der Waals surface area contributed by atoms with E-state index in [2.05, 4.69) is 5.32 Å². The Bertz CT molecular complexity index is 750. The molecule has 0 spiro atoms. The molecule has 0 unspecified atom stereocenters. The summed E-state index contributed by atoms with van der Waals surface area (Å²) >= 11 is 0. The van der Waals surface area contributed by atoms with Crippen molar-refractivity contribution in [2.45, 2.75) is 6.42 Å². The van der Waals surface area contributed by atoms with Gasteiger partial charge < -0.3 is 29.0 Å². The van der Waals surface area contributed by atoms with E-state index in [-0.39, 0.29) is 12.3 Å². The lowest BCUT2D eigenvalue weighted by atomic mass is 10.1. The van der Waals surface area contributed by atoms with E-state index in [4.69, 9.17) is 23.7 Å². The van der Waals surface area contributed by atoms with Crippen LogP contribution in [0.25, 0.3) is 0 Å². The van der Waals surface area contributed by atoms with Crippen LogP contribution < -0.4 is 29.0 Å². The lowest BCUT2D eigenvalue weighted by molar-refractivity contribution is -0.115. The molecule has 0 fully saturated rings. The van der Waals surface area contributed by atoms with Crippen molar-refractivity contribution in [1.29, 1.82) is 0 Å². The molecule has 0 heterocycles. The Morgan fingerprint density at radius 1 is 0.769 bits per heavy atom. The van der Waals surface area contributed by atoms with Gasteiger partial charge in [0.15, 0.2) is 23.0 Å². The van der Waals surface area contributed by atoms with Crippen molar-refractivity contribution in [2.24, 2.45) is 0 Å². The molecule has 2 rings (SSSR count). The smallest absolute Gasteiger partial charge is 0.228 e. The number of rotatable bonds is 8. The Morgan fingerprint density at radius 2 is 1.35 bits per heavy atom. The Kier molecular flexibility index (Phi) is 6.54. The predicted octanol–water partition coefficient (Wildman–Crippen LogP) is 2.91. The van der Waals surface area contributed by atoms with Gasteiger partial charge in [-0.05, 0) is 29.8 Å². The molecule has 0 saturated carbocycles. The highest BCUT2D eigenvalue weighted by atomic mass is 16.5. The number of benzene rings is 2. The molecule has 140 valence electrons. The first-order valence-corrected chi connectivity index (χ1v) is 7.87. The van der Waals surface area contributed by atoms with Crippen molar-refractivity contribution >= 4 is 11.6 Å². The van der Waals surface area contributed by atoms with E-state index >= 15 is 0 Å². The molecule has 1 N–H and O–H groups in total. The van der Waals surface area contributed by atoms with Crippen LogP contribution >= 0.6 is 0 Å². The van der Waals surface area contributed by atoms with E-state index in [1.165, 1.54) is 21.3 Å². The molecule has 0 aliphatic heterocycles. The van der Waals surface area contributed by atoms with Crippen LogP contribution in [0.1, 0.15) is 5.56 Å². The standard InChI is InChI=1S/C19H23NO6/c1-22-14-7-6-13(11-15(14)23-2)20-18(21)10-12-8-16(24-3)19(26-5)17(9-12)25-4/h6-9,11H,10H2,1-5H3,(H,20,21). The molecule has 0 atom stereocenters. The van der Waals surface area contributed by atoms with Crippen molar-refractivity contribution in [3.63, 3.8) is 0 Å². The van der Waals surface area contributed by atoms with E-state index in [0.29, 0.717) is 34.4 Å². The maximum Gasteiger partial charge on any atom is 0.228 e. The SMILES string of the molecule is COc1ccc(NC(=O)Cc2cc(OC)c(OC)c(OC)c2)cc1OC. The minimum atomic E-state index is -0.188. The number of carbonyl (C=O) groups is 1. The van der Waals surface area contributed by atoms with Gasteiger partial charge in [-0.1, -0.05) is 0 Å². The second-order valence-corrected chi connectivity index (χ2v) is 5.33. The second-order valence-electron chi connectivity index (χ2n) is 5.33. The molecule has 0 saturated heterocycles. The van der Waals surface area contributed by atoms with Gasteiger partial charge in [0.05, 0.1) is 42.0 Å². The average Bonchev–Trinajstić information content (AvgIpc) is 2.66. The van der Waals surface area contributed by atoms with Crippen molar-refractivity contribution in [1.82, 2.24) is 0 Å². The zero-order valence-corrected chi connectivity index (χ0v) is 15.5. The van der Waals surface area contributed by atoms with Crippen molar-refractivity contribution in [3.8, 4) is 28.7 Å². The normalized spacial score (nSPS) is 10.0. The maximum atomic E-state index is 12.4. The number of carbonyl (C=O) groups excluding carboxylic acids is 1. The van der Waals surface area contributed by atoms with Crippen LogP contribution in [0.5, 0.6) is 28.7 Å². The Hall–Kier alpha value is -3.09. The highest BCUT2D eigenvalue weighted by Crippen LogP contribution is 2.38. The van der Waals surface area contributed by atoms with Gasteiger partial charge in [0.1, 0.15) is 0 Å². The number of hydrogen-bond donors (Lipinski definition) is 1. The first-order chi connectivity index (χ1) is 12.6. The third-order valence-corrected chi connectivity index (χ3v) is 3.76. The van der Waals surface area contributed by atoms with Crippen LogP contribution in [0.15, 0.2) is 30.3 Å². The third kappa shape index (κ3) is 4.30. The number of amides is 1. The van der Waals surface area contributed by atoms with E-state index in [0.717, 1.165) is 5.56 Å². The largest absolute Gasteiger partial charge is 0.493 e. The summed E-state index contributed by atoms with van der Waals surface area (Å²) in [5, 5.41) is 2.83. The molecule has 7 nitrogen and oxygen atoms in total. The molecule has 2 aromatic carbocycles. The molecule has 0 aromatic heterocycles. The van der Waals surface area contributed by atoms with E-state index in [9.17, 15) is 4.79 Å². The molecular formula is C19H23NO6. The second kappa shape index (κ2) is 8.84. The summed E-state index contributed by atoms with van der Waals surface area (Å²) < 4.78 is 26.3. The number of hydrogen-bond acceptors (Lipinski definition) is 6. The monoisotopic (exact) mass is 361 g/mol. The fourth-order valence-electron chi connectivity index (χ4n) is 2.54. The predicted molar refractivity (Wildman–Crippen MR) is 98.0 cm³/mol. The van der Waals surface area contributed by atoms with Gasteiger partial charge in [-0.3, -0.25) is 4.79 Å². The van der Waals surface area contributed by atoms with Gasteiger partial charge in [0, 0.05) is 11.8 Å². The van der Waals surface area contributed by atoms with Gasteiger partial charge in [-0.15, -0.1) is 0 Å². The van der Waals surface area contributed by atoms with Crippen LogP contribution in [-0.4, -0.2) is 41.5 Å². The maximum absolute atomic E-state index is 12.4. The fraction of sp³-hybridized carbons (Fsp3) is 0.316. The summed E-state index contributed by atoms with van der Waals surface area (Å²) in [4.78, 5) is 12.4. The molecule has 26 heavy (non-hydrogen) atoms. The molecule has 0 aliphatic carbocycles. The summed E-state index contributed by atoms with van der Waals surface area (Å²) in [7, 11) is 7.69. The lowest BCUT2D eigenvalue weighted by Crippen LogP contribution is -2.14. The van der Waals surface area contributed by atoms with Crippen LogP contribution in [0.2, 0.25) is 0 Å². The van der Waals surface area contributed by atoms with E-state index < -0.39 is 0 Å². The first-order valence-electron chi connectivity index (χ1n) is 7.87. The summed E-state index contributed by atoms with van der Waals surface area (Å²) in [5.41, 5.74) is 1.34. The van der Waals surface area contributed by atoms with Crippen LogP contribution in [0, 0.1) is 0 Å². The van der Waals surface area contributed by atoms with Crippen LogP contribution in [0.4, 0.5) is 5.69 Å². The zero-order chi connectivity index (χ0) is 19.1. The van der Waals surface area contributed by atoms with Gasteiger partial charge >= 0.3 is 0 Å². The van der Waals surface area contributed by atoms with Crippen LogP contribution in [-0.2, 0) is 11.2 Å². The van der Waals surface area contributed by atoms with Crippen LogP contribution in [0.3, 0.4) is 0 Å². The quantitative estimate of drug-likeness (QED) is 0.779. The van der Waals surface area contributed by atoms with Gasteiger partial charge in [-0.2, -0.15) is 0 Å². The van der Waals surface area contributed by atoms with Crippen molar-refractivity contribution in [2.75, 3.05) is 40.9 Å². The highest BCUT2D eigenvalue weighted by molar-refractivity contribution is 5.92. The number of methoxy groups -OCH3 is 5. The van der Waals surface area contributed by atoms with E-state index in [1.54, 1.807) is 44.6 Å².